The molecule has 232 valence electrons. The zero-order chi connectivity index (χ0) is 31.7. The number of pyridine rings is 1. The molecule has 5 heterocycles. The van der Waals surface area contributed by atoms with Gasteiger partial charge in [0, 0.05) is 45.4 Å². The lowest BCUT2D eigenvalue weighted by molar-refractivity contribution is -0.119. The van der Waals surface area contributed by atoms with E-state index in [0.29, 0.717) is 69.5 Å². The minimum Gasteiger partial charge on any atom is -0.476 e. The Morgan fingerprint density at radius 1 is 1.16 bits per heavy atom. The van der Waals surface area contributed by atoms with Gasteiger partial charge in [-0.2, -0.15) is 13.9 Å². The molecule has 0 fully saturated rings. The van der Waals surface area contributed by atoms with Crippen molar-refractivity contribution in [3.05, 3.63) is 87.8 Å². The summed E-state index contributed by atoms with van der Waals surface area (Å²) in [6.07, 6.45) is 5.85. The lowest BCUT2D eigenvalue weighted by Gasteiger charge is -2.20. The van der Waals surface area contributed by atoms with Gasteiger partial charge in [-0.25, -0.2) is 14.2 Å². The van der Waals surface area contributed by atoms with Crippen LogP contribution in [0.4, 0.5) is 14.5 Å². The van der Waals surface area contributed by atoms with Crippen molar-refractivity contribution in [1.29, 1.82) is 0 Å². The Morgan fingerprint density at radius 3 is 2.78 bits per heavy atom. The van der Waals surface area contributed by atoms with Crippen molar-refractivity contribution in [2.45, 2.75) is 45.6 Å². The molecule has 45 heavy (non-hydrogen) atoms. The van der Waals surface area contributed by atoms with Gasteiger partial charge >= 0.3 is 12.2 Å². The summed E-state index contributed by atoms with van der Waals surface area (Å²) in [5, 5.41) is 15.1. The number of hydrogen-bond donors (Lipinski definition) is 1. The maximum atomic E-state index is 13.9. The summed E-state index contributed by atoms with van der Waals surface area (Å²) in [6, 6.07) is 11.6. The molecule has 6 rings (SSSR count). The predicted molar refractivity (Wildman–Crippen MR) is 162 cm³/mol. The zero-order valence-electron chi connectivity index (χ0n) is 24.3. The second-order valence-corrected chi connectivity index (χ2v) is 11.0. The molecule has 1 aliphatic rings. The third-order valence-electron chi connectivity index (χ3n) is 7.69. The van der Waals surface area contributed by atoms with Crippen LogP contribution in [0.3, 0.4) is 0 Å². The summed E-state index contributed by atoms with van der Waals surface area (Å²) < 4.78 is 41.3. The molecule has 2 bridgehead atoms. The predicted octanol–water partition coefficient (Wildman–Crippen LogP) is 6.48. The fraction of sp³-hybridized carbons (Fsp3) is 0.290. The third kappa shape index (κ3) is 6.07. The Labute approximate surface area is 260 Å². The molecule has 5 aromatic rings. The number of benzene rings is 1. The van der Waals surface area contributed by atoms with Crippen molar-refractivity contribution < 1.29 is 22.7 Å². The highest BCUT2D eigenvalue weighted by Crippen LogP contribution is 2.37. The van der Waals surface area contributed by atoms with Crippen LogP contribution < -0.4 is 15.7 Å². The van der Waals surface area contributed by atoms with Gasteiger partial charge in [0.25, 0.3) is 5.88 Å². The van der Waals surface area contributed by atoms with E-state index in [-0.39, 0.29) is 23.0 Å². The average molecular weight is 636 g/mol. The van der Waals surface area contributed by atoms with Crippen molar-refractivity contribution in [3.63, 3.8) is 0 Å². The molecule has 0 saturated heterocycles. The Balaban J connectivity index is 1.43. The quantitative estimate of drug-likeness (QED) is 0.224. The summed E-state index contributed by atoms with van der Waals surface area (Å²) in [4.78, 5) is 31.1. The number of carbonyl (C=O) groups is 1. The van der Waals surface area contributed by atoms with E-state index >= 15 is 0 Å². The molecule has 14 heteroatoms. The second kappa shape index (κ2) is 12.6. The number of carbonyl (C=O) groups excluding carboxylic acids is 1. The Morgan fingerprint density at radius 2 is 2.00 bits per heavy atom. The fourth-order valence-electron chi connectivity index (χ4n) is 5.47. The van der Waals surface area contributed by atoms with Crippen LogP contribution in [0.1, 0.15) is 56.8 Å². The van der Waals surface area contributed by atoms with Gasteiger partial charge in [-0.3, -0.25) is 9.78 Å². The van der Waals surface area contributed by atoms with Gasteiger partial charge in [0.05, 0.1) is 36.1 Å². The largest absolute Gasteiger partial charge is 0.476 e. The molecule has 0 radical (unpaired) electrons. The monoisotopic (exact) mass is 635 g/mol. The molecule has 0 spiro atoms. The van der Waals surface area contributed by atoms with Gasteiger partial charge in [0.1, 0.15) is 5.76 Å². The minimum atomic E-state index is -2.94. The summed E-state index contributed by atoms with van der Waals surface area (Å²) in [6.45, 7) is 1.08. The molecule has 4 aromatic heterocycles. The average Bonchev–Trinajstić information content (AvgIpc) is 3.67. The smallest absolute Gasteiger partial charge is 0.340 e. The standard InChI is InChI=1S/C31H28ClF2N7O4/c1-3-44-27-16-40(39-38-27)25-9-7-19(32)14-22(25)26-10-8-21(30(43)45-26)20-6-4-5-17(2)29(42)37-24-15-36-41(31(33)34)28(24)18-11-12-35-23(20)13-18/h7-17,20,31H,3-6H2,1-2H3,(H,37,42)/t17-,20+/m1/s1. The lowest BCUT2D eigenvalue weighted by Crippen LogP contribution is -2.22. The molecule has 1 aromatic carbocycles. The lowest BCUT2D eigenvalue weighted by atomic mass is 9.88. The van der Waals surface area contributed by atoms with Crippen LogP contribution in [0.5, 0.6) is 5.88 Å². The normalized spacial score (nSPS) is 16.9. The van der Waals surface area contributed by atoms with Crippen LogP contribution in [0.15, 0.2) is 70.3 Å². The Kier molecular flexibility index (Phi) is 8.44. The van der Waals surface area contributed by atoms with Gasteiger partial charge in [-0.15, -0.1) is 0 Å². The van der Waals surface area contributed by atoms with E-state index in [1.54, 1.807) is 55.6 Å². The number of hydrogen-bond acceptors (Lipinski definition) is 8. The number of ether oxygens (including phenoxy) is 1. The Hall–Kier alpha value is -4.91. The summed E-state index contributed by atoms with van der Waals surface area (Å²) in [5.74, 6) is -0.680. The number of halogens is 3. The van der Waals surface area contributed by atoms with Crippen molar-refractivity contribution in [1.82, 2.24) is 29.8 Å². The van der Waals surface area contributed by atoms with Crippen molar-refractivity contribution in [2.24, 2.45) is 5.92 Å². The van der Waals surface area contributed by atoms with Crippen molar-refractivity contribution >= 4 is 23.2 Å². The third-order valence-corrected chi connectivity index (χ3v) is 7.93. The first-order chi connectivity index (χ1) is 21.7. The van der Waals surface area contributed by atoms with Gasteiger partial charge in [0.15, 0.2) is 0 Å². The fourth-order valence-corrected chi connectivity index (χ4v) is 5.64. The summed E-state index contributed by atoms with van der Waals surface area (Å²) in [7, 11) is 0. The molecule has 1 aliphatic heterocycles. The molecule has 0 saturated carbocycles. The molecule has 0 unspecified atom stereocenters. The number of alkyl halides is 2. The van der Waals surface area contributed by atoms with Crippen LogP contribution in [-0.2, 0) is 4.79 Å². The van der Waals surface area contributed by atoms with E-state index in [1.165, 1.54) is 17.1 Å². The Bertz CT molecular complexity index is 1920. The number of amides is 1. The number of aromatic nitrogens is 6. The van der Waals surface area contributed by atoms with Crippen molar-refractivity contribution in [2.75, 3.05) is 11.9 Å². The van der Waals surface area contributed by atoms with E-state index in [0.717, 1.165) is 0 Å². The molecule has 1 N–H and O–H groups in total. The van der Waals surface area contributed by atoms with Crippen LogP contribution in [-0.4, -0.2) is 42.3 Å². The molecular formula is C31H28ClF2N7O4. The van der Waals surface area contributed by atoms with Gasteiger partial charge in [-0.05, 0) is 62.2 Å². The van der Waals surface area contributed by atoms with Crippen molar-refractivity contribution in [3.8, 4) is 34.1 Å². The molecule has 2 atom stereocenters. The number of anilines is 1. The topological polar surface area (TPSA) is 130 Å². The first kappa shape index (κ1) is 30.1. The maximum absolute atomic E-state index is 13.9. The van der Waals surface area contributed by atoms with Crippen LogP contribution in [0.25, 0.3) is 28.3 Å². The first-order valence-electron chi connectivity index (χ1n) is 14.4. The van der Waals surface area contributed by atoms with Gasteiger partial charge < -0.3 is 14.5 Å². The SMILES string of the molecule is CCOc1cn(-c2ccc(Cl)cc2-c2ccc([C@@H]3CCC[C@@H](C)C(=O)Nc4cnn(C(F)F)c4-c4ccnc3c4)c(=O)o2)nn1. The zero-order valence-corrected chi connectivity index (χ0v) is 25.0. The van der Waals surface area contributed by atoms with E-state index in [4.69, 9.17) is 20.8 Å². The first-order valence-corrected chi connectivity index (χ1v) is 14.7. The van der Waals surface area contributed by atoms with E-state index < -0.39 is 24.0 Å². The van der Waals surface area contributed by atoms with Crippen LogP contribution in [0.2, 0.25) is 5.02 Å². The van der Waals surface area contributed by atoms with Gasteiger partial charge in [0.2, 0.25) is 5.91 Å². The molecule has 0 aliphatic carbocycles. The van der Waals surface area contributed by atoms with Crippen LogP contribution >= 0.6 is 11.6 Å². The van der Waals surface area contributed by atoms with E-state index in [1.807, 2.05) is 6.92 Å². The second-order valence-electron chi connectivity index (χ2n) is 10.6. The summed E-state index contributed by atoms with van der Waals surface area (Å²) >= 11 is 6.33. The minimum absolute atomic E-state index is 0.0463. The van der Waals surface area contributed by atoms with E-state index in [2.05, 4.69) is 25.7 Å². The number of nitrogens with one attached hydrogen (secondary N) is 1. The highest BCUT2D eigenvalue weighted by Gasteiger charge is 2.27. The van der Waals surface area contributed by atoms with Gasteiger partial charge in [-0.1, -0.05) is 35.3 Å². The molecule has 11 nitrogen and oxygen atoms in total. The number of fused-ring (bicyclic) bond motifs is 4. The number of rotatable bonds is 6. The number of nitrogens with zero attached hydrogens (tertiary/aromatic N) is 6. The molecule has 1 amide bonds. The summed E-state index contributed by atoms with van der Waals surface area (Å²) in [5.41, 5.74) is 1.89. The maximum Gasteiger partial charge on any atom is 0.340 e. The highest BCUT2D eigenvalue weighted by atomic mass is 35.5. The highest BCUT2D eigenvalue weighted by molar-refractivity contribution is 6.31. The van der Waals surface area contributed by atoms with E-state index in [9.17, 15) is 18.4 Å². The molecular weight excluding hydrogens is 608 g/mol. The van der Waals surface area contributed by atoms with Crippen LogP contribution in [0, 0.1) is 5.92 Å².